The average Bonchev–Trinajstić information content (AvgIpc) is 3.21. The number of furan rings is 1. The van der Waals surface area contributed by atoms with Crippen molar-refractivity contribution in [2.75, 3.05) is 6.54 Å². The number of likely N-dealkylation sites (tertiary alicyclic amines) is 1. The summed E-state index contributed by atoms with van der Waals surface area (Å²) in [6.45, 7) is 2.36. The van der Waals surface area contributed by atoms with Crippen LogP contribution in [0.4, 0.5) is 4.39 Å². The predicted octanol–water partition coefficient (Wildman–Crippen LogP) is 3.64. The number of hydrogen-bond acceptors (Lipinski definition) is 4. The van der Waals surface area contributed by atoms with Crippen molar-refractivity contribution in [3.8, 4) is 0 Å². The van der Waals surface area contributed by atoms with Crippen molar-refractivity contribution in [2.24, 2.45) is 0 Å². The molecule has 1 N–H and O–H groups in total. The molecule has 2 heterocycles. The summed E-state index contributed by atoms with van der Waals surface area (Å²) in [5.74, 6) is -1.82. The Kier molecular flexibility index (Phi) is 4.70. The van der Waals surface area contributed by atoms with Crippen LogP contribution in [0.15, 0.2) is 52.7 Å². The number of rotatable bonds is 5. The fourth-order valence-electron chi connectivity index (χ4n) is 2.95. The van der Waals surface area contributed by atoms with Crippen LogP contribution in [0.1, 0.15) is 37.1 Å². The van der Waals surface area contributed by atoms with E-state index in [0.717, 1.165) is 12.8 Å². The van der Waals surface area contributed by atoms with Crippen LogP contribution < -0.4 is 0 Å². The Bertz CT molecular complexity index is 808. The Hall–Kier alpha value is -2.89. The molecule has 1 atom stereocenters. The van der Waals surface area contributed by atoms with Crippen molar-refractivity contribution in [3.63, 3.8) is 0 Å². The number of ketones is 1. The maximum absolute atomic E-state index is 13.1. The van der Waals surface area contributed by atoms with E-state index in [4.69, 9.17) is 4.42 Å². The lowest BCUT2D eigenvalue weighted by Crippen LogP contribution is -2.30. The zero-order valence-electron chi connectivity index (χ0n) is 13.7. The van der Waals surface area contributed by atoms with Crippen molar-refractivity contribution >= 4 is 17.4 Å². The number of hydrogen-bond donors (Lipinski definition) is 1. The molecule has 6 heteroatoms. The van der Waals surface area contributed by atoms with Gasteiger partial charge in [-0.1, -0.05) is 13.3 Å². The lowest BCUT2D eigenvalue weighted by Gasteiger charge is -2.22. The van der Waals surface area contributed by atoms with Crippen LogP contribution in [0.5, 0.6) is 0 Å². The second-order valence-electron chi connectivity index (χ2n) is 5.87. The first-order chi connectivity index (χ1) is 12.0. The van der Waals surface area contributed by atoms with E-state index in [1.807, 2.05) is 6.92 Å². The van der Waals surface area contributed by atoms with Gasteiger partial charge < -0.3 is 14.4 Å². The smallest absolute Gasteiger partial charge is 0.295 e. The molecule has 1 unspecified atom stereocenters. The van der Waals surface area contributed by atoms with Crippen LogP contribution in [-0.4, -0.2) is 28.2 Å². The number of benzene rings is 1. The van der Waals surface area contributed by atoms with Crippen molar-refractivity contribution in [3.05, 3.63) is 65.4 Å². The number of Topliss-reactive ketones (excluding diaryl/α,β-unsaturated/α-hetero) is 1. The fraction of sp³-hybridized carbons (Fsp3) is 0.263. The fourth-order valence-corrected chi connectivity index (χ4v) is 2.95. The Morgan fingerprint density at radius 2 is 1.96 bits per heavy atom. The zero-order valence-corrected chi connectivity index (χ0v) is 13.7. The molecule has 0 bridgehead atoms. The molecule has 0 spiro atoms. The van der Waals surface area contributed by atoms with Crippen LogP contribution in [0, 0.1) is 5.82 Å². The molecule has 1 aromatic carbocycles. The molecule has 1 aromatic heterocycles. The van der Waals surface area contributed by atoms with E-state index in [2.05, 4.69) is 0 Å². The van der Waals surface area contributed by atoms with Gasteiger partial charge in [-0.05, 0) is 42.8 Å². The summed E-state index contributed by atoms with van der Waals surface area (Å²) in [6, 6.07) is 7.63. The van der Waals surface area contributed by atoms with Gasteiger partial charge in [-0.3, -0.25) is 9.59 Å². The third kappa shape index (κ3) is 3.07. The molecule has 25 heavy (non-hydrogen) atoms. The number of amides is 1. The maximum Gasteiger partial charge on any atom is 0.295 e. The van der Waals surface area contributed by atoms with E-state index in [0.29, 0.717) is 12.3 Å². The molecule has 1 saturated heterocycles. The van der Waals surface area contributed by atoms with Crippen LogP contribution >= 0.6 is 0 Å². The number of unbranched alkanes of at least 4 members (excludes halogenated alkanes) is 1. The first-order valence-electron chi connectivity index (χ1n) is 8.12. The second kappa shape index (κ2) is 6.93. The molecule has 5 nitrogen and oxygen atoms in total. The minimum absolute atomic E-state index is 0.0392. The number of halogens is 1. The summed E-state index contributed by atoms with van der Waals surface area (Å²) >= 11 is 0. The largest absolute Gasteiger partial charge is 0.507 e. The molecule has 3 rings (SSSR count). The van der Waals surface area contributed by atoms with Crippen molar-refractivity contribution < 1.29 is 23.5 Å². The van der Waals surface area contributed by atoms with Crippen molar-refractivity contribution in [1.29, 1.82) is 0 Å². The van der Waals surface area contributed by atoms with Gasteiger partial charge in [0.1, 0.15) is 23.4 Å². The molecule has 1 amide bonds. The highest BCUT2D eigenvalue weighted by atomic mass is 19.1. The molecule has 0 radical (unpaired) electrons. The lowest BCUT2D eigenvalue weighted by atomic mass is 9.99. The number of nitrogens with zero attached hydrogens (tertiary/aromatic N) is 1. The summed E-state index contributed by atoms with van der Waals surface area (Å²) in [7, 11) is 0. The molecule has 0 saturated carbocycles. The average molecular weight is 343 g/mol. The number of aliphatic hydroxyl groups is 1. The Morgan fingerprint density at radius 3 is 2.56 bits per heavy atom. The number of carbonyl (C=O) groups excluding carboxylic acids is 2. The van der Waals surface area contributed by atoms with Crippen LogP contribution in [0.2, 0.25) is 0 Å². The molecular weight excluding hydrogens is 325 g/mol. The first-order valence-corrected chi connectivity index (χ1v) is 8.12. The standard InChI is InChI=1S/C19H18FNO4/c1-2-3-10-21-16(14-5-4-11-25-14)15(18(23)19(21)24)17(22)12-6-8-13(20)9-7-12/h4-9,11,16,22H,2-3,10H2,1H3/b17-15-. The Morgan fingerprint density at radius 1 is 1.24 bits per heavy atom. The first kappa shape index (κ1) is 17.0. The highest BCUT2D eigenvalue weighted by Gasteiger charge is 2.47. The van der Waals surface area contributed by atoms with E-state index in [1.54, 1.807) is 12.1 Å². The van der Waals surface area contributed by atoms with E-state index < -0.39 is 23.5 Å². The van der Waals surface area contributed by atoms with E-state index in [-0.39, 0.29) is 16.9 Å². The van der Waals surface area contributed by atoms with Gasteiger partial charge in [0.05, 0.1) is 11.8 Å². The van der Waals surface area contributed by atoms with Crippen LogP contribution in [0.25, 0.3) is 5.76 Å². The van der Waals surface area contributed by atoms with Gasteiger partial charge in [0, 0.05) is 12.1 Å². The highest BCUT2D eigenvalue weighted by Crippen LogP contribution is 2.39. The van der Waals surface area contributed by atoms with Gasteiger partial charge in [-0.15, -0.1) is 0 Å². The highest BCUT2D eigenvalue weighted by molar-refractivity contribution is 6.46. The zero-order chi connectivity index (χ0) is 18.0. The van der Waals surface area contributed by atoms with Crippen molar-refractivity contribution in [1.82, 2.24) is 4.90 Å². The maximum atomic E-state index is 13.1. The van der Waals surface area contributed by atoms with Crippen LogP contribution in [-0.2, 0) is 9.59 Å². The second-order valence-corrected chi connectivity index (χ2v) is 5.87. The quantitative estimate of drug-likeness (QED) is 0.511. The molecular formula is C19H18FNO4. The van der Waals surface area contributed by atoms with Gasteiger partial charge in [-0.2, -0.15) is 0 Å². The molecule has 1 fully saturated rings. The summed E-state index contributed by atoms with van der Waals surface area (Å²) in [4.78, 5) is 26.4. The molecule has 130 valence electrons. The minimum atomic E-state index is -0.786. The van der Waals surface area contributed by atoms with Gasteiger partial charge >= 0.3 is 0 Å². The Labute approximate surface area is 144 Å². The third-order valence-electron chi connectivity index (χ3n) is 4.22. The van der Waals surface area contributed by atoms with Crippen LogP contribution in [0.3, 0.4) is 0 Å². The third-order valence-corrected chi connectivity index (χ3v) is 4.22. The number of aliphatic hydroxyl groups excluding tert-OH is 1. The van der Waals surface area contributed by atoms with Gasteiger partial charge in [0.2, 0.25) is 0 Å². The van der Waals surface area contributed by atoms with Gasteiger partial charge in [0.15, 0.2) is 0 Å². The van der Waals surface area contributed by atoms with E-state index >= 15 is 0 Å². The van der Waals surface area contributed by atoms with E-state index in [1.165, 1.54) is 35.4 Å². The topological polar surface area (TPSA) is 70.8 Å². The van der Waals surface area contributed by atoms with E-state index in [9.17, 15) is 19.1 Å². The Balaban J connectivity index is 2.11. The summed E-state index contributed by atoms with van der Waals surface area (Å²) < 4.78 is 18.5. The SMILES string of the molecule is CCCCN1C(=O)C(=O)/C(=C(\O)c2ccc(F)cc2)C1c1ccco1. The molecule has 2 aromatic rings. The van der Waals surface area contributed by atoms with Gasteiger partial charge in [-0.25, -0.2) is 4.39 Å². The summed E-state index contributed by atoms with van der Waals surface area (Å²) in [5.41, 5.74) is 0.231. The molecule has 1 aliphatic rings. The summed E-state index contributed by atoms with van der Waals surface area (Å²) in [5, 5.41) is 10.6. The van der Waals surface area contributed by atoms with Gasteiger partial charge in [0.25, 0.3) is 11.7 Å². The number of carbonyl (C=O) groups is 2. The lowest BCUT2D eigenvalue weighted by molar-refractivity contribution is -0.140. The molecule has 1 aliphatic heterocycles. The summed E-state index contributed by atoms with van der Waals surface area (Å²) in [6.07, 6.45) is 3.03. The predicted molar refractivity (Wildman–Crippen MR) is 89.0 cm³/mol. The molecule has 0 aliphatic carbocycles. The minimum Gasteiger partial charge on any atom is -0.507 e. The van der Waals surface area contributed by atoms with Crippen molar-refractivity contribution in [2.45, 2.75) is 25.8 Å². The normalized spacial score (nSPS) is 19.6. The monoisotopic (exact) mass is 343 g/mol.